The molecule has 2 N–H and O–H groups in total. The average Bonchev–Trinajstić information content (AvgIpc) is 3.69. The van der Waals surface area contributed by atoms with E-state index in [0.717, 1.165) is 43.3 Å². The molecule has 1 unspecified atom stereocenters. The van der Waals surface area contributed by atoms with Crippen molar-refractivity contribution in [3.8, 4) is 22.8 Å². The first-order valence-corrected chi connectivity index (χ1v) is 13.2. The molecule has 12 heteroatoms. The summed E-state index contributed by atoms with van der Waals surface area (Å²) in [6, 6.07) is 9.83. The van der Waals surface area contributed by atoms with Crippen LogP contribution in [0.5, 0.6) is 11.5 Å². The molecule has 42 heavy (non-hydrogen) atoms. The third-order valence-corrected chi connectivity index (χ3v) is 7.32. The summed E-state index contributed by atoms with van der Waals surface area (Å²) in [5, 5.41) is 13.5. The van der Waals surface area contributed by atoms with Crippen molar-refractivity contribution in [1.82, 2.24) is 15.3 Å². The standard InChI is InChI=1S/C30H24F5N3O4/c1-15-13-41-27-22(15)11-24(38-26(27)16-2-4-19(31)5-3-16)29(40,30(33,34)35)14-37-28(39)18-8-17-9-20(32)12-36-25(17)23(10-18)42-21-6-7-21/h2-5,8-12,15,21,40H,6-7,13-14H2,1H3,(H,37,39)/t15?,29-/m0/s1. The molecule has 1 aliphatic heterocycles. The Bertz CT molecular complexity index is 1690. The lowest BCUT2D eigenvalue weighted by atomic mass is 9.92. The molecular weight excluding hydrogens is 561 g/mol. The van der Waals surface area contributed by atoms with E-state index in [4.69, 9.17) is 9.47 Å². The number of aromatic nitrogens is 2. The Labute approximate surface area is 236 Å². The van der Waals surface area contributed by atoms with Crippen LogP contribution >= 0.6 is 0 Å². The van der Waals surface area contributed by atoms with E-state index in [2.05, 4.69) is 15.3 Å². The summed E-state index contributed by atoms with van der Waals surface area (Å²) in [5.74, 6) is -2.04. The number of halogens is 5. The van der Waals surface area contributed by atoms with E-state index in [9.17, 15) is 31.9 Å². The summed E-state index contributed by atoms with van der Waals surface area (Å²) in [4.78, 5) is 21.3. The molecule has 2 atom stereocenters. The van der Waals surface area contributed by atoms with E-state index in [-0.39, 0.29) is 52.3 Å². The fourth-order valence-electron chi connectivity index (χ4n) is 4.81. The highest BCUT2D eigenvalue weighted by molar-refractivity contribution is 6.00. The minimum atomic E-state index is -5.26. The van der Waals surface area contributed by atoms with Crippen molar-refractivity contribution in [2.45, 2.75) is 43.6 Å². The van der Waals surface area contributed by atoms with Gasteiger partial charge >= 0.3 is 6.18 Å². The molecule has 0 radical (unpaired) electrons. The number of aliphatic hydroxyl groups is 1. The van der Waals surface area contributed by atoms with Gasteiger partial charge in [0, 0.05) is 28.0 Å². The monoisotopic (exact) mass is 585 g/mol. The first kappa shape index (κ1) is 27.8. The summed E-state index contributed by atoms with van der Waals surface area (Å²) < 4.78 is 82.6. The van der Waals surface area contributed by atoms with E-state index >= 15 is 0 Å². The van der Waals surface area contributed by atoms with Crippen LogP contribution in [0.4, 0.5) is 22.0 Å². The lowest BCUT2D eigenvalue weighted by Crippen LogP contribution is -2.51. The van der Waals surface area contributed by atoms with E-state index in [1.165, 1.54) is 24.3 Å². The van der Waals surface area contributed by atoms with Gasteiger partial charge in [-0.15, -0.1) is 0 Å². The maximum absolute atomic E-state index is 14.6. The molecule has 1 amide bonds. The summed E-state index contributed by atoms with van der Waals surface area (Å²) in [5.41, 5.74) is -3.48. The fourth-order valence-corrected chi connectivity index (χ4v) is 4.81. The number of alkyl halides is 3. The Hall–Kier alpha value is -4.32. The first-order valence-electron chi connectivity index (χ1n) is 13.2. The molecule has 1 fully saturated rings. The quantitative estimate of drug-likeness (QED) is 0.267. The smallest absolute Gasteiger partial charge is 0.424 e. The predicted octanol–water partition coefficient (Wildman–Crippen LogP) is 5.79. The highest BCUT2D eigenvalue weighted by atomic mass is 19.4. The molecule has 7 nitrogen and oxygen atoms in total. The Morgan fingerprint density at radius 1 is 1.10 bits per heavy atom. The van der Waals surface area contributed by atoms with Gasteiger partial charge in [0.05, 0.1) is 31.1 Å². The number of nitrogens with zero attached hydrogens (tertiary/aromatic N) is 2. The molecule has 1 aliphatic carbocycles. The molecule has 218 valence electrons. The number of carbonyl (C=O) groups is 1. The molecule has 1 saturated carbocycles. The molecular formula is C30H24F5N3O4. The second-order valence-corrected chi connectivity index (χ2v) is 10.6. The fraction of sp³-hybridized carbons (Fsp3) is 0.300. The molecule has 2 aliphatic rings. The van der Waals surface area contributed by atoms with Crippen LogP contribution in [0.25, 0.3) is 22.2 Å². The third kappa shape index (κ3) is 5.11. The Morgan fingerprint density at radius 3 is 2.52 bits per heavy atom. The Morgan fingerprint density at radius 2 is 1.83 bits per heavy atom. The second-order valence-electron chi connectivity index (χ2n) is 10.6. The van der Waals surface area contributed by atoms with Gasteiger partial charge in [-0.25, -0.2) is 18.7 Å². The van der Waals surface area contributed by atoms with E-state index < -0.39 is 41.6 Å². The molecule has 4 aromatic rings. The van der Waals surface area contributed by atoms with Crippen LogP contribution in [0, 0.1) is 11.6 Å². The van der Waals surface area contributed by atoms with Crippen LogP contribution in [0.15, 0.2) is 54.7 Å². The molecule has 0 saturated heterocycles. The van der Waals surface area contributed by atoms with Crippen molar-refractivity contribution in [1.29, 1.82) is 0 Å². The molecule has 0 bridgehead atoms. The number of benzene rings is 2. The van der Waals surface area contributed by atoms with Gasteiger partial charge in [0.2, 0.25) is 5.60 Å². The maximum Gasteiger partial charge on any atom is 0.424 e. The number of rotatable bonds is 7. The molecule has 0 spiro atoms. The van der Waals surface area contributed by atoms with Crippen LogP contribution in [0.1, 0.15) is 47.3 Å². The van der Waals surface area contributed by atoms with Gasteiger partial charge in [-0.3, -0.25) is 4.79 Å². The van der Waals surface area contributed by atoms with Gasteiger partial charge < -0.3 is 19.9 Å². The van der Waals surface area contributed by atoms with Crippen molar-refractivity contribution in [2.75, 3.05) is 13.2 Å². The van der Waals surface area contributed by atoms with Crippen LogP contribution < -0.4 is 14.8 Å². The third-order valence-electron chi connectivity index (χ3n) is 7.32. The van der Waals surface area contributed by atoms with Gasteiger partial charge in [-0.1, -0.05) is 6.92 Å². The Balaban J connectivity index is 1.36. The van der Waals surface area contributed by atoms with E-state index in [1.807, 2.05) is 0 Å². The minimum Gasteiger partial charge on any atom is -0.490 e. The minimum absolute atomic E-state index is 0.00627. The second kappa shape index (κ2) is 10.2. The van der Waals surface area contributed by atoms with Gasteiger partial charge in [-0.2, -0.15) is 13.2 Å². The number of nitrogens with one attached hydrogen (secondary N) is 1. The largest absolute Gasteiger partial charge is 0.490 e. The van der Waals surface area contributed by atoms with Crippen molar-refractivity contribution in [3.05, 3.63) is 83.2 Å². The van der Waals surface area contributed by atoms with Crippen molar-refractivity contribution < 1.29 is 41.3 Å². The highest BCUT2D eigenvalue weighted by Crippen LogP contribution is 2.45. The number of hydrogen-bond acceptors (Lipinski definition) is 6. The summed E-state index contributed by atoms with van der Waals surface area (Å²) in [6.07, 6.45) is -2.78. The van der Waals surface area contributed by atoms with Crippen molar-refractivity contribution >= 4 is 16.8 Å². The number of hydrogen-bond donors (Lipinski definition) is 2. The van der Waals surface area contributed by atoms with Crippen molar-refractivity contribution in [3.63, 3.8) is 0 Å². The zero-order chi connectivity index (χ0) is 29.8. The topological polar surface area (TPSA) is 93.6 Å². The van der Waals surface area contributed by atoms with Gasteiger partial charge in [0.1, 0.15) is 34.3 Å². The number of amides is 1. The summed E-state index contributed by atoms with van der Waals surface area (Å²) >= 11 is 0. The number of ether oxygens (including phenoxy) is 2. The zero-order valence-corrected chi connectivity index (χ0v) is 22.1. The van der Waals surface area contributed by atoms with Crippen LogP contribution in [-0.2, 0) is 5.60 Å². The Kier molecular flexibility index (Phi) is 6.76. The van der Waals surface area contributed by atoms with E-state index in [1.54, 1.807) is 6.92 Å². The molecule has 2 aromatic carbocycles. The number of fused-ring (bicyclic) bond motifs is 2. The van der Waals surface area contributed by atoms with Crippen molar-refractivity contribution in [2.24, 2.45) is 0 Å². The highest BCUT2D eigenvalue weighted by Gasteiger charge is 2.57. The first-order chi connectivity index (χ1) is 19.9. The molecule has 3 heterocycles. The molecule has 6 rings (SSSR count). The van der Waals surface area contributed by atoms with Gasteiger partial charge in [-0.05, 0) is 61.4 Å². The summed E-state index contributed by atoms with van der Waals surface area (Å²) in [6.45, 7) is 0.646. The average molecular weight is 586 g/mol. The van der Waals surface area contributed by atoms with Crippen LogP contribution in [0.2, 0.25) is 0 Å². The normalized spacial score (nSPS) is 17.8. The van der Waals surface area contributed by atoms with Gasteiger partial charge in [0.25, 0.3) is 5.91 Å². The number of carbonyl (C=O) groups excluding carboxylic acids is 1. The van der Waals surface area contributed by atoms with Gasteiger partial charge in [0.15, 0.2) is 0 Å². The lowest BCUT2D eigenvalue weighted by molar-refractivity contribution is -0.265. The lowest BCUT2D eigenvalue weighted by Gasteiger charge is -2.31. The maximum atomic E-state index is 14.6. The van der Waals surface area contributed by atoms with E-state index in [0.29, 0.717) is 11.1 Å². The number of pyridine rings is 2. The molecule has 2 aromatic heterocycles. The van der Waals surface area contributed by atoms with Crippen LogP contribution in [-0.4, -0.2) is 46.4 Å². The zero-order valence-electron chi connectivity index (χ0n) is 22.1. The van der Waals surface area contributed by atoms with Crippen LogP contribution in [0.3, 0.4) is 0 Å². The SMILES string of the molecule is CC1COc2c1cc([C@@](O)(CNC(=O)c1cc(OC3CC3)c3ncc(F)cc3c1)C(F)(F)F)nc2-c1ccc(F)cc1. The summed E-state index contributed by atoms with van der Waals surface area (Å²) in [7, 11) is 0. The predicted molar refractivity (Wildman–Crippen MR) is 141 cm³/mol.